The molecule has 1 aromatic heterocycles. The molecule has 1 aliphatic rings. The van der Waals surface area contributed by atoms with Crippen LogP contribution in [-0.2, 0) is 4.79 Å². The number of hydrogen-bond donors (Lipinski definition) is 1. The van der Waals surface area contributed by atoms with Crippen molar-refractivity contribution in [3.63, 3.8) is 0 Å². The molecule has 0 saturated heterocycles. The Morgan fingerprint density at radius 2 is 2.46 bits per heavy atom. The SMILES string of the molecule is CC(C(=O)NC1CC1)c1ccco1. The van der Waals surface area contributed by atoms with E-state index in [2.05, 4.69) is 5.32 Å². The molecule has 1 fully saturated rings. The van der Waals surface area contributed by atoms with E-state index >= 15 is 0 Å². The minimum absolute atomic E-state index is 0.0671. The smallest absolute Gasteiger partial charge is 0.230 e. The summed E-state index contributed by atoms with van der Waals surface area (Å²) >= 11 is 0. The van der Waals surface area contributed by atoms with E-state index in [0.717, 1.165) is 18.6 Å². The summed E-state index contributed by atoms with van der Waals surface area (Å²) in [6, 6.07) is 4.05. The van der Waals surface area contributed by atoms with Crippen molar-refractivity contribution in [1.82, 2.24) is 5.32 Å². The molecule has 3 heteroatoms. The molecule has 1 N–H and O–H groups in total. The Kier molecular flexibility index (Phi) is 2.08. The predicted molar refractivity (Wildman–Crippen MR) is 48.3 cm³/mol. The van der Waals surface area contributed by atoms with Crippen molar-refractivity contribution in [2.45, 2.75) is 31.7 Å². The number of hydrogen-bond acceptors (Lipinski definition) is 2. The van der Waals surface area contributed by atoms with Crippen LogP contribution in [0.3, 0.4) is 0 Å². The van der Waals surface area contributed by atoms with E-state index in [0.29, 0.717) is 6.04 Å². The van der Waals surface area contributed by atoms with Gasteiger partial charge in [-0.1, -0.05) is 0 Å². The zero-order chi connectivity index (χ0) is 9.26. The van der Waals surface area contributed by atoms with Gasteiger partial charge in [0, 0.05) is 6.04 Å². The number of amides is 1. The molecule has 0 spiro atoms. The fourth-order valence-electron chi connectivity index (χ4n) is 1.22. The van der Waals surface area contributed by atoms with E-state index in [1.165, 1.54) is 0 Å². The van der Waals surface area contributed by atoms with Crippen LogP contribution in [0.1, 0.15) is 31.4 Å². The molecule has 1 atom stereocenters. The van der Waals surface area contributed by atoms with Gasteiger partial charge in [0.2, 0.25) is 5.91 Å². The fourth-order valence-corrected chi connectivity index (χ4v) is 1.22. The minimum atomic E-state index is -0.171. The topological polar surface area (TPSA) is 42.2 Å². The van der Waals surface area contributed by atoms with Gasteiger partial charge in [-0.05, 0) is 31.9 Å². The maximum absolute atomic E-state index is 11.5. The molecule has 0 radical (unpaired) electrons. The summed E-state index contributed by atoms with van der Waals surface area (Å²) < 4.78 is 5.16. The number of furan rings is 1. The van der Waals surface area contributed by atoms with Crippen LogP contribution in [0.15, 0.2) is 22.8 Å². The number of nitrogens with one attached hydrogen (secondary N) is 1. The van der Waals surface area contributed by atoms with Gasteiger partial charge in [0.25, 0.3) is 0 Å². The van der Waals surface area contributed by atoms with Crippen LogP contribution in [0.4, 0.5) is 0 Å². The van der Waals surface area contributed by atoms with Crippen molar-refractivity contribution in [3.8, 4) is 0 Å². The molecular weight excluding hydrogens is 166 g/mol. The third-order valence-electron chi connectivity index (χ3n) is 2.29. The van der Waals surface area contributed by atoms with Crippen molar-refractivity contribution in [1.29, 1.82) is 0 Å². The van der Waals surface area contributed by atoms with Gasteiger partial charge in [-0.3, -0.25) is 4.79 Å². The van der Waals surface area contributed by atoms with E-state index in [4.69, 9.17) is 4.42 Å². The standard InChI is InChI=1S/C10H13NO2/c1-7(9-3-2-6-13-9)10(12)11-8-4-5-8/h2-3,6-8H,4-5H2,1H3,(H,11,12). The molecule has 1 unspecified atom stereocenters. The largest absolute Gasteiger partial charge is 0.469 e. The van der Waals surface area contributed by atoms with Gasteiger partial charge in [0.15, 0.2) is 0 Å². The van der Waals surface area contributed by atoms with E-state index < -0.39 is 0 Å². The highest BCUT2D eigenvalue weighted by Crippen LogP contribution is 2.21. The van der Waals surface area contributed by atoms with Crippen LogP contribution < -0.4 is 5.32 Å². The van der Waals surface area contributed by atoms with Crippen molar-refractivity contribution >= 4 is 5.91 Å². The first-order valence-electron chi connectivity index (χ1n) is 4.61. The van der Waals surface area contributed by atoms with E-state index in [-0.39, 0.29) is 11.8 Å². The zero-order valence-corrected chi connectivity index (χ0v) is 7.62. The Bertz CT molecular complexity index is 288. The maximum atomic E-state index is 11.5. The van der Waals surface area contributed by atoms with E-state index in [1.807, 2.05) is 13.0 Å². The van der Waals surface area contributed by atoms with Crippen LogP contribution in [0.25, 0.3) is 0 Å². The van der Waals surface area contributed by atoms with Crippen LogP contribution in [0.2, 0.25) is 0 Å². The second-order valence-corrected chi connectivity index (χ2v) is 3.52. The van der Waals surface area contributed by atoms with Gasteiger partial charge in [-0.2, -0.15) is 0 Å². The van der Waals surface area contributed by atoms with Crippen LogP contribution in [-0.4, -0.2) is 11.9 Å². The molecule has 2 rings (SSSR count). The van der Waals surface area contributed by atoms with Gasteiger partial charge in [0.1, 0.15) is 5.76 Å². The van der Waals surface area contributed by atoms with E-state index in [1.54, 1.807) is 12.3 Å². The van der Waals surface area contributed by atoms with Crippen LogP contribution in [0.5, 0.6) is 0 Å². The minimum Gasteiger partial charge on any atom is -0.469 e. The molecule has 1 heterocycles. The summed E-state index contributed by atoms with van der Waals surface area (Å²) in [6.45, 7) is 1.86. The number of carbonyl (C=O) groups is 1. The highest BCUT2D eigenvalue weighted by Gasteiger charge is 2.26. The number of carbonyl (C=O) groups excluding carboxylic acids is 1. The normalized spacial score (nSPS) is 18.2. The molecule has 3 nitrogen and oxygen atoms in total. The third-order valence-corrected chi connectivity index (χ3v) is 2.29. The molecule has 0 bridgehead atoms. The molecule has 0 aromatic carbocycles. The summed E-state index contributed by atoms with van der Waals surface area (Å²) in [5, 5.41) is 2.94. The van der Waals surface area contributed by atoms with Gasteiger partial charge in [0.05, 0.1) is 12.2 Å². The molecule has 1 aliphatic carbocycles. The Morgan fingerprint density at radius 1 is 1.69 bits per heavy atom. The lowest BCUT2D eigenvalue weighted by Gasteiger charge is -2.08. The Morgan fingerprint density at radius 3 is 3.00 bits per heavy atom. The first-order chi connectivity index (χ1) is 6.27. The van der Waals surface area contributed by atoms with Gasteiger partial charge in [-0.25, -0.2) is 0 Å². The molecular formula is C10H13NO2. The monoisotopic (exact) mass is 179 g/mol. The summed E-state index contributed by atoms with van der Waals surface area (Å²) in [6.07, 6.45) is 3.84. The molecule has 1 amide bonds. The fraction of sp³-hybridized carbons (Fsp3) is 0.500. The van der Waals surface area contributed by atoms with Crippen LogP contribution >= 0.6 is 0 Å². The maximum Gasteiger partial charge on any atom is 0.230 e. The summed E-state index contributed by atoms with van der Waals surface area (Å²) in [5.41, 5.74) is 0. The van der Waals surface area contributed by atoms with Crippen molar-refractivity contribution in [3.05, 3.63) is 24.2 Å². The zero-order valence-electron chi connectivity index (χ0n) is 7.62. The highest BCUT2D eigenvalue weighted by molar-refractivity contribution is 5.83. The van der Waals surface area contributed by atoms with Crippen molar-refractivity contribution in [2.24, 2.45) is 0 Å². The predicted octanol–water partition coefficient (Wildman–Crippen LogP) is 1.66. The lowest BCUT2D eigenvalue weighted by Crippen LogP contribution is -2.29. The Hall–Kier alpha value is -1.25. The van der Waals surface area contributed by atoms with Crippen molar-refractivity contribution < 1.29 is 9.21 Å². The second-order valence-electron chi connectivity index (χ2n) is 3.52. The lowest BCUT2D eigenvalue weighted by atomic mass is 10.1. The Labute approximate surface area is 77.1 Å². The average Bonchev–Trinajstić information content (AvgIpc) is 2.78. The summed E-state index contributed by atoms with van der Waals surface area (Å²) in [7, 11) is 0. The number of rotatable bonds is 3. The van der Waals surface area contributed by atoms with Gasteiger partial charge >= 0.3 is 0 Å². The second kappa shape index (κ2) is 3.24. The first-order valence-corrected chi connectivity index (χ1v) is 4.61. The average molecular weight is 179 g/mol. The van der Waals surface area contributed by atoms with Crippen LogP contribution in [0, 0.1) is 0 Å². The molecule has 0 aliphatic heterocycles. The molecule has 1 saturated carbocycles. The Balaban J connectivity index is 1.95. The molecule has 1 aromatic rings. The highest BCUT2D eigenvalue weighted by atomic mass is 16.3. The van der Waals surface area contributed by atoms with Gasteiger partial charge in [-0.15, -0.1) is 0 Å². The summed E-state index contributed by atoms with van der Waals surface area (Å²) in [5.74, 6) is 0.631. The molecule has 13 heavy (non-hydrogen) atoms. The third kappa shape index (κ3) is 1.91. The quantitative estimate of drug-likeness (QED) is 0.766. The summed E-state index contributed by atoms with van der Waals surface area (Å²) in [4.78, 5) is 11.5. The van der Waals surface area contributed by atoms with Gasteiger partial charge < -0.3 is 9.73 Å². The first kappa shape index (κ1) is 8.35. The van der Waals surface area contributed by atoms with E-state index in [9.17, 15) is 4.79 Å². The van der Waals surface area contributed by atoms with Crippen molar-refractivity contribution in [2.75, 3.05) is 0 Å². The molecule has 70 valence electrons. The lowest BCUT2D eigenvalue weighted by molar-refractivity contribution is -0.122.